The Hall–Kier alpha value is -2.49. The first-order valence-corrected chi connectivity index (χ1v) is 11.4. The summed E-state index contributed by atoms with van der Waals surface area (Å²) in [6, 6.07) is 6.83. The summed E-state index contributed by atoms with van der Waals surface area (Å²) in [5.74, 6) is -1.06. The van der Waals surface area contributed by atoms with E-state index in [2.05, 4.69) is 4.98 Å². The van der Waals surface area contributed by atoms with Crippen molar-refractivity contribution < 1.29 is 27.5 Å². The second-order valence-electron chi connectivity index (χ2n) is 7.51. The molecule has 1 N–H and O–H groups in total. The molecule has 9 heteroatoms. The van der Waals surface area contributed by atoms with Gasteiger partial charge in [0.2, 0.25) is 15.8 Å². The zero-order valence-electron chi connectivity index (χ0n) is 16.7. The molecule has 160 valence electrons. The van der Waals surface area contributed by atoms with E-state index in [9.17, 15) is 18.0 Å². The number of benzene rings is 1. The van der Waals surface area contributed by atoms with Crippen LogP contribution in [0.15, 0.2) is 35.4 Å². The fourth-order valence-electron chi connectivity index (χ4n) is 3.81. The molecule has 0 radical (unpaired) electrons. The van der Waals surface area contributed by atoms with E-state index in [0.29, 0.717) is 18.8 Å². The minimum atomic E-state index is -3.72. The number of hydrogen-bond acceptors (Lipinski definition) is 6. The highest BCUT2D eigenvalue weighted by atomic mass is 32.2. The molecule has 2 aromatic rings. The fourth-order valence-corrected chi connectivity index (χ4v) is 5.22. The highest BCUT2D eigenvalue weighted by Gasteiger charge is 2.29. The quantitative estimate of drug-likeness (QED) is 0.553. The number of fused-ring (bicyclic) bond motifs is 1. The number of H-pyrrole nitrogens is 1. The van der Waals surface area contributed by atoms with E-state index in [1.807, 2.05) is 12.1 Å². The van der Waals surface area contributed by atoms with Gasteiger partial charge in [0.25, 0.3) is 0 Å². The molecule has 1 fully saturated rings. The van der Waals surface area contributed by atoms with E-state index in [-0.39, 0.29) is 29.5 Å². The maximum absolute atomic E-state index is 12.7. The number of carbonyl (C=O) groups excluding carboxylic acids is 2. The van der Waals surface area contributed by atoms with E-state index in [0.717, 1.165) is 19.3 Å². The van der Waals surface area contributed by atoms with Crippen molar-refractivity contribution >= 4 is 21.8 Å². The summed E-state index contributed by atoms with van der Waals surface area (Å²) >= 11 is 0. The number of nitrogens with one attached hydrogen (secondary N) is 1. The summed E-state index contributed by atoms with van der Waals surface area (Å²) < 4.78 is 37.1. The zero-order valence-corrected chi connectivity index (χ0v) is 17.5. The van der Waals surface area contributed by atoms with Gasteiger partial charge in [-0.2, -0.15) is 4.31 Å². The van der Waals surface area contributed by atoms with Gasteiger partial charge in [-0.05, 0) is 49.4 Å². The van der Waals surface area contributed by atoms with Gasteiger partial charge in [0.15, 0.2) is 6.10 Å². The molecule has 0 bridgehead atoms. The Labute approximate surface area is 175 Å². The molecule has 1 aliphatic carbocycles. The van der Waals surface area contributed by atoms with Gasteiger partial charge < -0.3 is 14.5 Å². The third-order valence-corrected chi connectivity index (χ3v) is 7.40. The number of Topliss-reactive ketones (excluding diaryl/α,β-unsaturated/α-hetero) is 1. The Kier molecular flexibility index (Phi) is 5.77. The summed E-state index contributed by atoms with van der Waals surface area (Å²) in [6.07, 6.45) is 3.33. The van der Waals surface area contributed by atoms with Crippen LogP contribution >= 0.6 is 0 Å². The maximum atomic E-state index is 12.7. The lowest BCUT2D eigenvalue weighted by Crippen LogP contribution is -2.40. The Morgan fingerprint density at radius 1 is 1.13 bits per heavy atom. The summed E-state index contributed by atoms with van der Waals surface area (Å²) in [4.78, 5) is 27.8. The van der Waals surface area contributed by atoms with Crippen LogP contribution in [-0.4, -0.2) is 61.9 Å². The Balaban J connectivity index is 1.43. The number of esters is 1. The van der Waals surface area contributed by atoms with Gasteiger partial charge in [-0.15, -0.1) is 0 Å². The number of aromatic nitrogens is 1. The molecule has 1 aromatic heterocycles. The predicted molar refractivity (Wildman–Crippen MR) is 108 cm³/mol. The van der Waals surface area contributed by atoms with Crippen molar-refractivity contribution in [3.63, 3.8) is 0 Å². The van der Waals surface area contributed by atoms with Gasteiger partial charge in [-0.3, -0.25) is 4.79 Å². The zero-order chi connectivity index (χ0) is 21.3. The number of carbonyl (C=O) groups is 2. The molecule has 0 saturated carbocycles. The van der Waals surface area contributed by atoms with E-state index in [4.69, 9.17) is 9.47 Å². The Morgan fingerprint density at radius 2 is 1.87 bits per heavy atom. The summed E-state index contributed by atoms with van der Waals surface area (Å²) in [6.45, 7) is 2.71. The fraction of sp³-hybridized carbons (Fsp3) is 0.429. The van der Waals surface area contributed by atoms with Crippen molar-refractivity contribution in [3.8, 4) is 0 Å². The third-order valence-electron chi connectivity index (χ3n) is 5.52. The average Bonchev–Trinajstić information content (AvgIpc) is 3.43. The highest BCUT2D eigenvalue weighted by molar-refractivity contribution is 7.89. The van der Waals surface area contributed by atoms with Crippen LogP contribution in [-0.2, 0) is 32.3 Å². The van der Waals surface area contributed by atoms with Crippen molar-refractivity contribution in [2.75, 3.05) is 26.3 Å². The molecule has 1 atom stereocenters. The second-order valence-corrected chi connectivity index (χ2v) is 9.45. The topological polar surface area (TPSA) is 106 Å². The molecule has 1 aliphatic heterocycles. The number of ether oxygens (including phenoxy) is 2. The van der Waals surface area contributed by atoms with Crippen LogP contribution in [0, 0.1) is 0 Å². The second kappa shape index (κ2) is 8.33. The number of nitrogens with zero attached hydrogens (tertiary/aromatic N) is 1. The molecule has 1 saturated heterocycles. The number of morpholine rings is 1. The SMILES string of the molecule is CC(OC(=O)c1cc(S(=O)(=O)N2CCOCC2)c[nH]1)C(=O)c1ccc2c(c1)CCC2. The number of aryl methyl sites for hydroxylation is 2. The largest absolute Gasteiger partial charge is 0.450 e. The van der Waals surface area contributed by atoms with Crippen LogP contribution in [0.5, 0.6) is 0 Å². The van der Waals surface area contributed by atoms with Gasteiger partial charge in [0.05, 0.1) is 13.2 Å². The number of ketones is 1. The number of sulfonamides is 1. The van der Waals surface area contributed by atoms with E-state index >= 15 is 0 Å². The van der Waals surface area contributed by atoms with E-state index < -0.39 is 22.1 Å². The van der Waals surface area contributed by atoms with Crippen LogP contribution in [0.25, 0.3) is 0 Å². The average molecular weight is 432 g/mol. The van der Waals surface area contributed by atoms with E-state index in [1.54, 1.807) is 6.07 Å². The first kappa shape index (κ1) is 20.8. The molecule has 1 aromatic carbocycles. The molecule has 1 unspecified atom stereocenters. The molecule has 30 heavy (non-hydrogen) atoms. The lowest BCUT2D eigenvalue weighted by molar-refractivity contribution is 0.0313. The van der Waals surface area contributed by atoms with Crippen LogP contribution < -0.4 is 0 Å². The van der Waals surface area contributed by atoms with Crippen molar-refractivity contribution in [2.24, 2.45) is 0 Å². The van der Waals surface area contributed by atoms with Crippen LogP contribution in [0.4, 0.5) is 0 Å². The van der Waals surface area contributed by atoms with Gasteiger partial charge in [0.1, 0.15) is 10.6 Å². The maximum Gasteiger partial charge on any atom is 0.355 e. The van der Waals surface area contributed by atoms with Crippen molar-refractivity contribution in [2.45, 2.75) is 37.2 Å². The summed E-state index contributed by atoms with van der Waals surface area (Å²) in [5, 5.41) is 0. The van der Waals surface area contributed by atoms with Gasteiger partial charge in [0, 0.05) is 24.8 Å². The number of rotatable bonds is 6. The number of aromatic amines is 1. The highest BCUT2D eigenvalue weighted by Crippen LogP contribution is 2.24. The molecule has 0 amide bonds. The van der Waals surface area contributed by atoms with E-state index in [1.165, 1.54) is 34.6 Å². The van der Waals surface area contributed by atoms with Crippen LogP contribution in [0.1, 0.15) is 45.3 Å². The molecular formula is C21H24N2O6S. The Morgan fingerprint density at radius 3 is 2.63 bits per heavy atom. The van der Waals surface area contributed by atoms with Crippen molar-refractivity contribution in [3.05, 3.63) is 52.8 Å². The normalized spacial score (nSPS) is 18.0. The van der Waals surface area contributed by atoms with Crippen LogP contribution in [0.3, 0.4) is 0 Å². The minimum absolute atomic E-state index is 0.0181. The monoisotopic (exact) mass is 432 g/mol. The molecule has 2 heterocycles. The number of hydrogen-bond donors (Lipinski definition) is 1. The first-order chi connectivity index (χ1) is 14.4. The van der Waals surface area contributed by atoms with Crippen molar-refractivity contribution in [1.29, 1.82) is 0 Å². The minimum Gasteiger partial charge on any atom is -0.450 e. The summed E-state index contributed by atoms with van der Waals surface area (Å²) in [5.41, 5.74) is 2.92. The molecular weight excluding hydrogens is 408 g/mol. The lowest BCUT2D eigenvalue weighted by atomic mass is 10.0. The lowest BCUT2D eigenvalue weighted by Gasteiger charge is -2.25. The van der Waals surface area contributed by atoms with Gasteiger partial charge in [-0.1, -0.05) is 12.1 Å². The predicted octanol–water partition coefficient (Wildman–Crippen LogP) is 1.95. The first-order valence-electron chi connectivity index (χ1n) is 9.99. The van der Waals surface area contributed by atoms with Gasteiger partial charge in [-0.25, -0.2) is 13.2 Å². The smallest absolute Gasteiger partial charge is 0.355 e. The molecule has 0 spiro atoms. The standard InChI is InChI=1S/C21H24N2O6S/c1-14(20(24)17-6-5-15-3-2-4-16(15)11-17)29-21(25)19-12-18(13-22-19)30(26,27)23-7-9-28-10-8-23/h5-6,11-14,22H,2-4,7-10H2,1H3. The molecule has 4 rings (SSSR count). The van der Waals surface area contributed by atoms with Crippen LogP contribution in [0.2, 0.25) is 0 Å². The third kappa shape index (κ3) is 4.05. The Bertz CT molecular complexity index is 1070. The molecule has 8 nitrogen and oxygen atoms in total. The van der Waals surface area contributed by atoms with Crippen molar-refractivity contribution in [1.82, 2.24) is 9.29 Å². The molecule has 2 aliphatic rings. The van der Waals surface area contributed by atoms with Gasteiger partial charge >= 0.3 is 5.97 Å². The summed E-state index contributed by atoms with van der Waals surface area (Å²) in [7, 11) is -3.72.